The van der Waals surface area contributed by atoms with Crippen LogP contribution >= 0.6 is 11.8 Å². The van der Waals surface area contributed by atoms with Gasteiger partial charge in [-0.15, -0.1) is 0 Å². The number of Topliss-reactive ketones (excluding diaryl/α,β-unsaturated/α-hetero) is 1. The molecule has 5 nitrogen and oxygen atoms in total. The molecular formula is C15H14N4OS. The number of benzene rings is 1. The maximum atomic E-state index is 12.0. The standard InChI is InChI=1S/C15H14N4OS/c1-9(17)12(7-16)14(20)8-21-15-11-5-3-4-6-13(11)18-10(2)19-15/h3-6H,8,17H2,1-2H3/b12-9+. The van der Waals surface area contributed by atoms with E-state index in [4.69, 9.17) is 11.0 Å². The predicted molar refractivity (Wildman–Crippen MR) is 82.5 cm³/mol. The number of nitrogens with two attached hydrogens (primary N) is 1. The minimum atomic E-state index is -0.289. The highest BCUT2D eigenvalue weighted by atomic mass is 32.2. The molecule has 0 saturated carbocycles. The number of aryl methyl sites for hydroxylation is 1. The third kappa shape index (κ3) is 3.38. The van der Waals surface area contributed by atoms with Crippen LogP contribution in [-0.4, -0.2) is 21.5 Å². The topological polar surface area (TPSA) is 92.7 Å². The molecule has 1 heterocycles. The number of carbonyl (C=O) groups excluding carboxylic acids is 1. The normalized spacial score (nSPS) is 11.9. The van der Waals surface area contributed by atoms with Gasteiger partial charge in [-0.25, -0.2) is 9.97 Å². The number of nitrogens with zero attached hydrogens (tertiary/aromatic N) is 3. The lowest BCUT2D eigenvalue weighted by atomic mass is 10.2. The molecule has 0 aliphatic heterocycles. The summed E-state index contributed by atoms with van der Waals surface area (Å²) in [5.74, 6) is 0.482. The van der Waals surface area contributed by atoms with E-state index in [1.165, 1.54) is 11.8 Å². The van der Waals surface area contributed by atoms with Crippen LogP contribution in [0, 0.1) is 18.3 Å². The van der Waals surface area contributed by atoms with E-state index in [1.807, 2.05) is 37.3 Å². The Labute approximate surface area is 126 Å². The second-order valence-electron chi connectivity index (χ2n) is 4.47. The maximum Gasteiger partial charge on any atom is 0.185 e. The fraction of sp³-hybridized carbons (Fsp3) is 0.200. The van der Waals surface area contributed by atoms with Gasteiger partial charge in [-0.3, -0.25) is 4.79 Å². The summed E-state index contributed by atoms with van der Waals surface area (Å²) in [5.41, 5.74) is 6.63. The molecule has 0 atom stereocenters. The summed E-state index contributed by atoms with van der Waals surface area (Å²) in [6.07, 6.45) is 0. The number of rotatable bonds is 4. The molecule has 0 spiro atoms. The van der Waals surface area contributed by atoms with Gasteiger partial charge < -0.3 is 5.73 Å². The summed E-state index contributed by atoms with van der Waals surface area (Å²) < 4.78 is 0. The van der Waals surface area contributed by atoms with Crippen LogP contribution in [0.1, 0.15) is 12.7 Å². The van der Waals surface area contributed by atoms with Crippen LogP contribution in [-0.2, 0) is 4.79 Å². The van der Waals surface area contributed by atoms with Crippen molar-refractivity contribution in [2.24, 2.45) is 5.73 Å². The van der Waals surface area contributed by atoms with E-state index in [0.717, 1.165) is 15.9 Å². The number of fused-ring (bicyclic) bond motifs is 1. The van der Waals surface area contributed by atoms with Crippen LogP contribution in [0.4, 0.5) is 0 Å². The molecule has 0 fully saturated rings. The fourth-order valence-corrected chi connectivity index (χ4v) is 2.78. The molecular weight excluding hydrogens is 284 g/mol. The molecule has 0 amide bonds. The lowest BCUT2D eigenvalue weighted by Gasteiger charge is -2.06. The minimum Gasteiger partial charge on any atom is -0.401 e. The zero-order valence-electron chi connectivity index (χ0n) is 11.8. The Kier molecular flexibility index (Phi) is 4.55. The van der Waals surface area contributed by atoms with E-state index >= 15 is 0 Å². The van der Waals surface area contributed by atoms with Crippen LogP contribution in [0.3, 0.4) is 0 Å². The number of aromatic nitrogens is 2. The van der Waals surface area contributed by atoms with Gasteiger partial charge >= 0.3 is 0 Å². The smallest absolute Gasteiger partial charge is 0.185 e. The second-order valence-corrected chi connectivity index (χ2v) is 5.44. The fourth-order valence-electron chi connectivity index (χ4n) is 1.85. The summed E-state index contributed by atoms with van der Waals surface area (Å²) >= 11 is 1.29. The molecule has 0 unspecified atom stereocenters. The van der Waals surface area contributed by atoms with Gasteiger partial charge in [0.25, 0.3) is 0 Å². The molecule has 2 N–H and O–H groups in total. The Morgan fingerprint density at radius 2 is 2.10 bits per heavy atom. The van der Waals surface area contributed by atoms with Crippen molar-refractivity contribution < 1.29 is 4.79 Å². The highest BCUT2D eigenvalue weighted by Gasteiger charge is 2.14. The number of hydrogen-bond acceptors (Lipinski definition) is 6. The molecule has 0 radical (unpaired) electrons. The molecule has 0 aliphatic rings. The monoisotopic (exact) mass is 298 g/mol. The summed E-state index contributed by atoms with van der Waals surface area (Å²) in [6.45, 7) is 3.36. The van der Waals surface area contributed by atoms with Gasteiger partial charge in [0.15, 0.2) is 5.78 Å². The molecule has 0 aliphatic carbocycles. The van der Waals surface area contributed by atoms with Crippen molar-refractivity contribution in [1.29, 1.82) is 5.26 Å². The average molecular weight is 298 g/mol. The molecule has 0 saturated heterocycles. The number of allylic oxidation sites excluding steroid dienone is 2. The molecule has 1 aromatic carbocycles. The van der Waals surface area contributed by atoms with Gasteiger partial charge in [-0.2, -0.15) is 5.26 Å². The number of hydrogen-bond donors (Lipinski definition) is 1. The second kappa shape index (κ2) is 6.37. The van der Waals surface area contributed by atoms with Crippen LogP contribution < -0.4 is 5.73 Å². The number of para-hydroxylation sites is 1. The van der Waals surface area contributed by atoms with Crippen molar-refractivity contribution in [3.05, 3.63) is 41.4 Å². The Morgan fingerprint density at radius 1 is 1.38 bits per heavy atom. The zero-order chi connectivity index (χ0) is 15.4. The van der Waals surface area contributed by atoms with Crippen LogP contribution in [0.25, 0.3) is 10.9 Å². The van der Waals surface area contributed by atoms with E-state index in [2.05, 4.69) is 9.97 Å². The highest BCUT2D eigenvalue weighted by molar-refractivity contribution is 8.00. The number of carbonyl (C=O) groups is 1. The average Bonchev–Trinajstić information content (AvgIpc) is 2.44. The van der Waals surface area contributed by atoms with Gasteiger partial charge in [0.1, 0.15) is 22.5 Å². The largest absolute Gasteiger partial charge is 0.401 e. The number of thioether (sulfide) groups is 1. The van der Waals surface area contributed by atoms with E-state index in [1.54, 1.807) is 6.92 Å². The maximum absolute atomic E-state index is 12.0. The van der Waals surface area contributed by atoms with Crippen molar-refractivity contribution in [2.45, 2.75) is 18.9 Å². The van der Waals surface area contributed by atoms with Crippen molar-refractivity contribution in [2.75, 3.05) is 5.75 Å². The first-order valence-corrected chi connectivity index (χ1v) is 7.27. The van der Waals surface area contributed by atoms with E-state index < -0.39 is 0 Å². The Morgan fingerprint density at radius 3 is 2.76 bits per heavy atom. The zero-order valence-corrected chi connectivity index (χ0v) is 12.6. The molecule has 1 aromatic heterocycles. The predicted octanol–water partition coefficient (Wildman–Crippen LogP) is 2.36. The van der Waals surface area contributed by atoms with Gasteiger partial charge in [0, 0.05) is 11.1 Å². The number of ketones is 1. The van der Waals surface area contributed by atoms with Crippen LogP contribution in [0.15, 0.2) is 40.6 Å². The van der Waals surface area contributed by atoms with Crippen molar-refractivity contribution in [3.8, 4) is 6.07 Å². The Hall–Kier alpha value is -2.39. The minimum absolute atomic E-state index is 0.0117. The summed E-state index contributed by atoms with van der Waals surface area (Å²) in [6, 6.07) is 9.47. The molecule has 21 heavy (non-hydrogen) atoms. The van der Waals surface area contributed by atoms with E-state index in [9.17, 15) is 4.79 Å². The molecule has 2 aromatic rings. The first-order chi connectivity index (χ1) is 10.0. The molecule has 2 rings (SSSR count). The summed E-state index contributed by atoms with van der Waals surface area (Å²) in [5, 5.41) is 10.6. The van der Waals surface area contributed by atoms with Crippen LogP contribution in [0.5, 0.6) is 0 Å². The lowest BCUT2D eigenvalue weighted by Crippen LogP contribution is -2.10. The van der Waals surface area contributed by atoms with Crippen molar-refractivity contribution in [1.82, 2.24) is 9.97 Å². The van der Waals surface area contributed by atoms with Gasteiger partial charge in [0.2, 0.25) is 0 Å². The highest BCUT2D eigenvalue weighted by Crippen LogP contribution is 2.25. The first kappa shape index (κ1) is 15.0. The lowest BCUT2D eigenvalue weighted by molar-refractivity contribution is -0.112. The van der Waals surface area contributed by atoms with Crippen molar-refractivity contribution in [3.63, 3.8) is 0 Å². The van der Waals surface area contributed by atoms with Gasteiger partial charge in [0.05, 0.1) is 11.3 Å². The first-order valence-electron chi connectivity index (χ1n) is 6.28. The Bertz CT molecular complexity index is 773. The Balaban J connectivity index is 2.28. The van der Waals surface area contributed by atoms with Gasteiger partial charge in [-0.05, 0) is 19.9 Å². The van der Waals surface area contributed by atoms with Gasteiger partial charge in [-0.1, -0.05) is 30.0 Å². The third-order valence-electron chi connectivity index (χ3n) is 2.81. The van der Waals surface area contributed by atoms with E-state index in [0.29, 0.717) is 5.82 Å². The summed E-state index contributed by atoms with van der Waals surface area (Å²) in [7, 11) is 0. The third-order valence-corrected chi connectivity index (χ3v) is 3.80. The number of nitriles is 1. The quantitative estimate of drug-likeness (QED) is 0.403. The van der Waals surface area contributed by atoms with Crippen molar-refractivity contribution >= 4 is 28.4 Å². The SMILES string of the molecule is C/C(N)=C(/C#N)C(=O)CSc1nc(C)nc2ccccc12. The molecule has 0 bridgehead atoms. The van der Waals surface area contributed by atoms with E-state index in [-0.39, 0.29) is 22.8 Å². The molecule has 6 heteroatoms. The molecule has 106 valence electrons. The summed E-state index contributed by atoms with van der Waals surface area (Å²) in [4.78, 5) is 20.7. The van der Waals surface area contributed by atoms with Crippen LogP contribution in [0.2, 0.25) is 0 Å².